The Balaban J connectivity index is 0.000000360. The van der Waals surface area contributed by atoms with Crippen molar-refractivity contribution in [1.82, 2.24) is 0 Å². The van der Waals surface area contributed by atoms with Gasteiger partial charge in [0.2, 0.25) is 0 Å². The Morgan fingerprint density at radius 2 is 0.471 bits per heavy atom. The number of benzene rings is 4. The van der Waals surface area contributed by atoms with Crippen LogP contribution in [0.5, 0.6) is 0 Å². The minimum absolute atomic E-state index is 0. The molecule has 0 fully saturated rings. The van der Waals surface area contributed by atoms with Crippen molar-refractivity contribution in [2.24, 2.45) is 0 Å². The highest BCUT2D eigenvalue weighted by molar-refractivity contribution is 6.05. The van der Waals surface area contributed by atoms with Gasteiger partial charge in [-0.2, -0.15) is 0 Å². The molecule has 0 heterocycles. The minimum atomic E-state index is 0. The predicted octanol–water partition coefficient (Wildman–Crippen LogP) is 7.61. The van der Waals surface area contributed by atoms with E-state index in [1.165, 1.54) is 78.7 Å². The first-order valence-corrected chi connectivity index (χ1v) is 26.0. The van der Waals surface area contributed by atoms with Crippen molar-refractivity contribution >= 4 is 45.3 Å². The number of nitrogens with zero attached hydrogens (tertiary/aromatic N) is 6. The molecule has 6 nitrogen and oxygen atoms in total. The van der Waals surface area contributed by atoms with Gasteiger partial charge in [0.05, 0.1) is 0 Å². The van der Waals surface area contributed by atoms with Crippen molar-refractivity contribution in [2.45, 2.75) is 83.1 Å². The third kappa shape index (κ3) is 14.7. The lowest BCUT2D eigenvalue weighted by molar-refractivity contribution is -0.519. The number of hydrogen-bond acceptors (Lipinski definition) is 4. The van der Waals surface area contributed by atoms with Crippen molar-refractivity contribution in [1.29, 1.82) is 0 Å². The van der Waals surface area contributed by atoms with E-state index in [4.69, 9.17) is 0 Å². The van der Waals surface area contributed by atoms with Gasteiger partial charge in [-0.1, -0.05) is 48.5 Å². The van der Waals surface area contributed by atoms with E-state index in [0.29, 0.717) is 0 Å². The number of hydrogen-bond donors (Lipinski definition) is 0. The highest BCUT2D eigenvalue weighted by Crippen LogP contribution is 2.34. The van der Waals surface area contributed by atoms with E-state index in [-0.39, 0.29) is 24.8 Å². The van der Waals surface area contributed by atoms with Crippen LogP contribution in [0.25, 0.3) is 11.1 Å². The van der Waals surface area contributed by atoms with Crippen LogP contribution < -0.4 is 44.4 Å². The number of halogens is 2. The fourth-order valence-corrected chi connectivity index (χ4v) is 9.57. The average Bonchev–Trinajstić information content (AvgIpc) is 3.39. The van der Waals surface area contributed by atoms with E-state index >= 15 is 0 Å². The second-order valence-electron chi connectivity index (χ2n) is 17.1. The van der Waals surface area contributed by atoms with Crippen LogP contribution in [0.15, 0.2) is 157 Å². The Morgan fingerprint density at radius 3 is 0.629 bits per heavy atom. The van der Waals surface area contributed by atoms with Crippen LogP contribution in [0.4, 0.5) is 22.7 Å². The van der Waals surface area contributed by atoms with Gasteiger partial charge in [-0.25, -0.2) is 9.15 Å². The predicted molar refractivity (Wildman–Crippen MR) is 301 cm³/mol. The third-order valence-corrected chi connectivity index (χ3v) is 13.7. The van der Waals surface area contributed by atoms with Gasteiger partial charge < -0.3 is 44.4 Å². The number of rotatable bonds is 20. The van der Waals surface area contributed by atoms with Crippen molar-refractivity contribution in [3.8, 4) is 0 Å². The molecule has 0 unspecified atom stereocenters. The van der Waals surface area contributed by atoms with Gasteiger partial charge in [-0.15, -0.1) is 0 Å². The fraction of sp³-hybridized carbons (Fsp3) is 0.387. The van der Waals surface area contributed by atoms with Gasteiger partial charge in [0.1, 0.15) is 26.2 Å². The van der Waals surface area contributed by atoms with Crippen LogP contribution in [0.1, 0.15) is 105 Å². The van der Waals surface area contributed by atoms with Crippen LogP contribution in [-0.4, -0.2) is 99.1 Å². The molecule has 0 bridgehead atoms. The van der Waals surface area contributed by atoms with Gasteiger partial charge in [0.25, 0.3) is 0 Å². The summed E-state index contributed by atoms with van der Waals surface area (Å²) in [6, 6.07) is 36.3. The molecule has 0 aromatic heterocycles. The molecule has 0 spiro atoms. The van der Waals surface area contributed by atoms with Crippen molar-refractivity contribution in [3.05, 3.63) is 179 Å². The van der Waals surface area contributed by atoms with Crippen molar-refractivity contribution in [2.75, 3.05) is 98.1 Å². The molecule has 0 aliphatic heterocycles. The molecule has 0 amide bonds. The molecular formula is C62H84Cl2N6. The van der Waals surface area contributed by atoms with Gasteiger partial charge in [0.15, 0.2) is 11.4 Å². The summed E-state index contributed by atoms with van der Waals surface area (Å²) >= 11 is 0. The Labute approximate surface area is 437 Å². The summed E-state index contributed by atoms with van der Waals surface area (Å²) in [6.07, 6.45) is 18.2. The zero-order valence-corrected chi connectivity index (χ0v) is 46.3. The van der Waals surface area contributed by atoms with Crippen molar-refractivity contribution < 1.29 is 34.0 Å². The summed E-state index contributed by atoms with van der Waals surface area (Å²) in [5, 5.41) is 0. The maximum absolute atomic E-state index is 2.39. The van der Waals surface area contributed by atoms with Crippen molar-refractivity contribution in [3.63, 3.8) is 0 Å². The Bertz CT molecular complexity index is 2110. The van der Waals surface area contributed by atoms with E-state index in [2.05, 4.69) is 258 Å². The molecular weight excluding hydrogens is 900 g/mol. The summed E-state index contributed by atoms with van der Waals surface area (Å²) in [5.74, 6) is 0. The minimum Gasteiger partial charge on any atom is -1.00 e. The standard InChI is InChI=1S/2C31H42N3.2ClH/c2*1-7-32(8-2)28-19-13-25(14-20-28)31(26-15-21-29(22-16-26)33(9-3)10-4)27-17-23-30(24-18-27)34(11-5)12-6;;/h2*13-24H,7-12H2,1-6H3;2*1H/q2*+1;;/p-2. The summed E-state index contributed by atoms with van der Waals surface area (Å²) in [6.45, 7) is 38.8. The SMILES string of the molecule is CCN(CC)c1ccc(C(=C2C=CC(=[N+](CC)CC)C=C2)c2ccc(N(CC)CC)cc2)cc1.CCN(CC)c1ccc(C(=C2C=CC(=[N+](CC)CC)C=C2)c2ccc(N(CC)CC)cc2)cc1.[Cl-].[Cl-]. The molecule has 0 radical (unpaired) electrons. The molecule has 2 aliphatic carbocycles. The normalized spacial score (nSPS) is 12.4. The molecule has 0 saturated heterocycles. The van der Waals surface area contributed by atoms with Crippen LogP contribution in [-0.2, 0) is 0 Å². The molecule has 6 rings (SSSR count). The highest BCUT2D eigenvalue weighted by atomic mass is 35.5. The van der Waals surface area contributed by atoms with Crippen LogP contribution in [0.3, 0.4) is 0 Å². The summed E-state index contributed by atoms with van der Waals surface area (Å²) in [4.78, 5) is 9.56. The Hall–Kier alpha value is -5.56. The quantitative estimate of drug-likeness (QED) is 0.0851. The Morgan fingerprint density at radius 1 is 0.286 bits per heavy atom. The van der Waals surface area contributed by atoms with E-state index in [1.807, 2.05) is 0 Å². The second kappa shape index (κ2) is 30.2. The number of anilines is 4. The Kier molecular flexibility index (Phi) is 25.4. The van der Waals surface area contributed by atoms with E-state index in [0.717, 1.165) is 78.5 Å². The molecule has 0 N–H and O–H groups in total. The van der Waals surface area contributed by atoms with Crippen LogP contribution in [0.2, 0.25) is 0 Å². The maximum atomic E-state index is 2.39. The average molecular weight is 984 g/mol. The highest BCUT2D eigenvalue weighted by Gasteiger charge is 2.18. The molecule has 4 aromatic carbocycles. The van der Waals surface area contributed by atoms with Crippen LogP contribution >= 0.6 is 0 Å². The van der Waals surface area contributed by atoms with E-state index < -0.39 is 0 Å². The molecule has 0 saturated carbocycles. The lowest BCUT2D eigenvalue weighted by Crippen LogP contribution is -3.00. The third-order valence-electron chi connectivity index (χ3n) is 13.7. The molecule has 4 aromatic rings. The molecule has 2 aliphatic rings. The number of allylic oxidation sites excluding steroid dienone is 10. The van der Waals surface area contributed by atoms with Gasteiger partial charge in [-0.3, -0.25) is 0 Å². The lowest BCUT2D eigenvalue weighted by Gasteiger charge is -2.23. The molecule has 376 valence electrons. The first-order chi connectivity index (χ1) is 33.2. The fourth-order valence-electron chi connectivity index (χ4n) is 9.57. The van der Waals surface area contributed by atoms with Crippen LogP contribution in [0, 0.1) is 0 Å². The van der Waals surface area contributed by atoms with Gasteiger partial charge in [-0.05, 0) is 200 Å². The summed E-state index contributed by atoms with van der Waals surface area (Å²) < 4.78 is 4.78. The van der Waals surface area contributed by atoms with E-state index in [9.17, 15) is 0 Å². The lowest BCUT2D eigenvalue weighted by atomic mass is 9.90. The monoisotopic (exact) mass is 983 g/mol. The zero-order chi connectivity index (χ0) is 49.0. The topological polar surface area (TPSA) is 19.0 Å². The van der Waals surface area contributed by atoms with Gasteiger partial charge >= 0.3 is 0 Å². The first kappa shape index (κ1) is 58.8. The largest absolute Gasteiger partial charge is 1.00 e. The smallest absolute Gasteiger partial charge is 0.199 e. The molecule has 0 atom stereocenters. The molecule has 8 heteroatoms. The zero-order valence-electron chi connectivity index (χ0n) is 44.8. The van der Waals surface area contributed by atoms with E-state index in [1.54, 1.807) is 0 Å². The molecule has 70 heavy (non-hydrogen) atoms. The second-order valence-corrected chi connectivity index (χ2v) is 17.1. The summed E-state index contributed by atoms with van der Waals surface area (Å²) in [5.41, 5.74) is 17.8. The summed E-state index contributed by atoms with van der Waals surface area (Å²) in [7, 11) is 0. The first-order valence-electron chi connectivity index (χ1n) is 26.0. The maximum Gasteiger partial charge on any atom is 0.199 e. The van der Waals surface area contributed by atoms with Gasteiger partial charge in [0, 0.05) is 99.4 Å².